The minimum atomic E-state index is -0.538. The molecule has 142 valence electrons. The third kappa shape index (κ3) is 5.44. The number of nitrogens with one attached hydrogen (secondary N) is 1. The van der Waals surface area contributed by atoms with Crippen molar-refractivity contribution in [2.45, 2.75) is 13.0 Å². The van der Waals surface area contributed by atoms with E-state index >= 15 is 0 Å². The zero-order chi connectivity index (χ0) is 19.9. The van der Waals surface area contributed by atoms with E-state index in [0.717, 1.165) is 15.6 Å². The van der Waals surface area contributed by atoms with E-state index in [9.17, 15) is 9.59 Å². The van der Waals surface area contributed by atoms with Gasteiger partial charge in [-0.2, -0.15) is 0 Å². The lowest BCUT2D eigenvalue weighted by Crippen LogP contribution is -2.14. The molecule has 6 heteroatoms. The van der Waals surface area contributed by atoms with Crippen LogP contribution in [0.25, 0.3) is 0 Å². The van der Waals surface area contributed by atoms with Crippen LogP contribution in [0, 0.1) is 0 Å². The van der Waals surface area contributed by atoms with Crippen LogP contribution in [0.4, 0.5) is 5.69 Å². The topological polar surface area (TPSA) is 81.4 Å². The fourth-order valence-corrected chi connectivity index (χ4v) is 3.18. The summed E-state index contributed by atoms with van der Waals surface area (Å²) in [6, 6.07) is 21.9. The van der Waals surface area contributed by atoms with Gasteiger partial charge < -0.3 is 15.8 Å². The molecule has 0 aromatic heterocycles. The van der Waals surface area contributed by atoms with Crippen LogP contribution in [0.1, 0.15) is 21.5 Å². The van der Waals surface area contributed by atoms with Crippen LogP contribution in [0.15, 0.2) is 77.3 Å². The number of hydrogen-bond acceptors (Lipinski definition) is 3. The molecule has 3 rings (SSSR count). The second-order valence-corrected chi connectivity index (χ2v) is 7.12. The lowest BCUT2D eigenvalue weighted by molar-refractivity contribution is -0.115. The van der Waals surface area contributed by atoms with Crippen molar-refractivity contribution >= 4 is 33.4 Å². The molecule has 0 radical (unpaired) electrons. The van der Waals surface area contributed by atoms with E-state index in [1.165, 1.54) is 0 Å². The molecule has 28 heavy (non-hydrogen) atoms. The maximum Gasteiger partial charge on any atom is 0.252 e. The summed E-state index contributed by atoms with van der Waals surface area (Å²) < 4.78 is 6.67. The summed E-state index contributed by atoms with van der Waals surface area (Å²) in [5.74, 6) is -0.210. The second kappa shape index (κ2) is 9.19. The fourth-order valence-electron chi connectivity index (χ4n) is 2.73. The number of para-hydroxylation sites is 1. The summed E-state index contributed by atoms with van der Waals surface area (Å²) in [6.07, 6.45) is 0.284. The Bertz CT molecular complexity index is 1000. The van der Waals surface area contributed by atoms with Crippen molar-refractivity contribution in [1.29, 1.82) is 0 Å². The van der Waals surface area contributed by atoms with Gasteiger partial charge in [0.05, 0.1) is 12.0 Å². The van der Waals surface area contributed by atoms with E-state index in [4.69, 9.17) is 10.5 Å². The van der Waals surface area contributed by atoms with Gasteiger partial charge in [-0.25, -0.2) is 0 Å². The molecule has 0 heterocycles. The molecule has 0 fully saturated rings. The van der Waals surface area contributed by atoms with Crippen LogP contribution in [0.3, 0.4) is 0 Å². The number of primary amides is 1. The van der Waals surface area contributed by atoms with E-state index in [0.29, 0.717) is 17.0 Å². The van der Waals surface area contributed by atoms with Gasteiger partial charge in [0.25, 0.3) is 5.91 Å². The first-order chi connectivity index (χ1) is 13.5. The first-order valence-corrected chi connectivity index (χ1v) is 9.45. The summed E-state index contributed by atoms with van der Waals surface area (Å²) in [5.41, 5.74) is 8.17. The van der Waals surface area contributed by atoms with E-state index in [1.807, 2.05) is 48.5 Å². The molecule has 0 bridgehead atoms. The highest BCUT2D eigenvalue weighted by atomic mass is 79.9. The Hall–Kier alpha value is -3.12. The fraction of sp³-hybridized carbons (Fsp3) is 0.0909. The number of ether oxygens (including phenoxy) is 1. The molecule has 0 spiro atoms. The largest absolute Gasteiger partial charge is 0.488 e. The van der Waals surface area contributed by atoms with E-state index in [2.05, 4.69) is 21.2 Å². The van der Waals surface area contributed by atoms with Crippen LogP contribution >= 0.6 is 15.9 Å². The molecule has 0 aliphatic heterocycles. The molecule has 3 aromatic carbocycles. The quantitative estimate of drug-likeness (QED) is 0.576. The van der Waals surface area contributed by atoms with Crippen molar-refractivity contribution in [3.05, 3.63) is 94.0 Å². The van der Waals surface area contributed by atoms with Crippen LogP contribution < -0.4 is 15.8 Å². The smallest absolute Gasteiger partial charge is 0.252 e. The summed E-state index contributed by atoms with van der Waals surface area (Å²) >= 11 is 3.40. The molecule has 0 atom stereocenters. The molecule has 0 unspecified atom stereocenters. The molecule has 0 aliphatic rings. The summed E-state index contributed by atoms with van der Waals surface area (Å²) in [5, 5.41) is 2.89. The third-order valence-electron chi connectivity index (χ3n) is 4.01. The number of hydrogen-bond donors (Lipinski definition) is 2. The molecule has 0 saturated heterocycles. The maximum atomic E-state index is 12.3. The Kier molecular flexibility index (Phi) is 6.45. The highest BCUT2D eigenvalue weighted by Crippen LogP contribution is 2.20. The number of amides is 2. The number of anilines is 1. The zero-order valence-corrected chi connectivity index (χ0v) is 16.6. The Morgan fingerprint density at radius 2 is 1.68 bits per heavy atom. The predicted octanol–water partition coefficient (Wildman–Crippen LogP) is 4.31. The minimum absolute atomic E-state index is 0.102. The molecule has 0 saturated carbocycles. The lowest BCUT2D eigenvalue weighted by atomic mass is 10.1. The standard InChI is InChI=1S/C22H19BrN2O3/c23-17-7-3-5-15(11-17)13-21(26)25-18-8-4-6-16(12-18)14-28-20-10-2-1-9-19(20)22(24)27/h1-12H,13-14H2,(H2,24,27)(H,25,26). The van der Waals surface area contributed by atoms with E-state index in [1.54, 1.807) is 24.3 Å². The predicted molar refractivity (Wildman–Crippen MR) is 112 cm³/mol. The average molecular weight is 439 g/mol. The number of nitrogens with two attached hydrogens (primary N) is 1. The number of halogens is 1. The third-order valence-corrected chi connectivity index (χ3v) is 4.50. The number of benzene rings is 3. The molecule has 2 amide bonds. The van der Waals surface area contributed by atoms with Gasteiger partial charge in [-0.1, -0.05) is 52.3 Å². The number of carbonyl (C=O) groups is 2. The molecule has 0 aliphatic carbocycles. The van der Waals surface area contributed by atoms with Gasteiger partial charge in [-0.15, -0.1) is 0 Å². The zero-order valence-electron chi connectivity index (χ0n) is 15.0. The molecule has 3 aromatic rings. The maximum absolute atomic E-state index is 12.3. The van der Waals surface area contributed by atoms with Crippen LogP contribution in [-0.2, 0) is 17.8 Å². The summed E-state index contributed by atoms with van der Waals surface area (Å²) in [6.45, 7) is 0.250. The van der Waals surface area contributed by atoms with Crippen molar-refractivity contribution in [3.63, 3.8) is 0 Å². The van der Waals surface area contributed by atoms with E-state index < -0.39 is 5.91 Å². The Morgan fingerprint density at radius 3 is 2.46 bits per heavy atom. The van der Waals surface area contributed by atoms with Gasteiger partial charge >= 0.3 is 0 Å². The van der Waals surface area contributed by atoms with Crippen molar-refractivity contribution in [3.8, 4) is 5.75 Å². The Balaban J connectivity index is 1.62. The molecular formula is C22H19BrN2O3. The van der Waals surface area contributed by atoms with Crippen molar-refractivity contribution in [1.82, 2.24) is 0 Å². The first kappa shape index (κ1) is 19.6. The first-order valence-electron chi connectivity index (χ1n) is 8.66. The van der Waals surface area contributed by atoms with Gasteiger partial charge in [0, 0.05) is 10.2 Å². The van der Waals surface area contributed by atoms with Gasteiger partial charge in [-0.3, -0.25) is 9.59 Å². The normalized spacial score (nSPS) is 10.3. The second-order valence-electron chi connectivity index (χ2n) is 6.20. The van der Waals surface area contributed by atoms with Crippen LogP contribution in [0.2, 0.25) is 0 Å². The summed E-state index contributed by atoms with van der Waals surface area (Å²) in [7, 11) is 0. The molecule has 5 nitrogen and oxygen atoms in total. The van der Waals surface area contributed by atoms with Crippen molar-refractivity contribution < 1.29 is 14.3 Å². The Labute approximate surface area is 171 Å². The highest BCUT2D eigenvalue weighted by molar-refractivity contribution is 9.10. The molecule has 3 N–H and O–H groups in total. The molecular weight excluding hydrogens is 420 g/mol. The number of rotatable bonds is 7. The van der Waals surface area contributed by atoms with Crippen LogP contribution in [0.5, 0.6) is 5.75 Å². The van der Waals surface area contributed by atoms with Gasteiger partial charge in [0.15, 0.2) is 0 Å². The lowest BCUT2D eigenvalue weighted by Gasteiger charge is -2.11. The highest BCUT2D eigenvalue weighted by Gasteiger charge is 2.09. The van der Waals surface area contributed by atoms with Crippen molar-refractivity contribution in [2.24, 2.45) is 5.73 Å². The van der Waals surface area contributed by atoms with Gasteiger partial charge in [0.1, 0.15) is 12.4 Å². The summed E-state index contributed by atoms with van der Waals surface area (Å²) in [4.78, 5) is 23.8. The van der Waals surface area contributed by atoms with E-state index in [-0.39, 0.29) is 18.9 Å². The minimum Gasteiger partial charge on any atom is -0.488 e. The van der Waals surface area contributed by atoms with Crippen molar-refractivity contribution in [2.75, 3.05) is 5.32 Å². The SMILES string of the molecule is NC(=O)c1ccccc1OCc1cccc(NC(=O)Cc2cccc(Br)c2)c1. The van der Waals surface area contributed by atoms with Gasteiger partial charge in [-0.05, 0) is 47.5 Å². The Morgan fingerprint density at radius 1 is 0.929 bits per heavy atom. The average Bonchev–Trinajstić information content (AvgIpc) is 2.66. The number of carbonyl (C=O) groups excluding carboxylic acids is 2. The monoisotopic (exact) mass is 438 g/mol. The van der Waals surface area contributed by atoms with Crippen LogP contribution in [-0.4, -0.2) is 11.8 Å². The van der Waals surface area contributed by atoms with Gasteiger partial charge in [0.2, 0.25) is 5.91 Å².